The molecule has 60 heavy (non-hydrogen) atoms. The highest BCUT2D eigenvalue weighted by Crippen LogP contribution is 2.17. The van der Waals surface area contributed by atoms with Crippen molar-refractivity contribution in [2.75, 3.05) is 13.2 Å². The molecule has 0 aliphatic carbocycles. The Labute approximate surface area is 374 Å². The lowest BCUT2D eigenvalue weighted by atomic mass is 10.0. The number of carbonyl (C=O) groups excluding carboxylic acids is 3. The zero-order chi connectivity index (χ0) is 43.8. The third-order valence-electron chi connectivity index (χ3n) is 12.3. The summed E-state index contributed by atoms with van der Waals surface area (Å²) in [5.74, 6) is 0.00122. The first-order chi connectivity index (χ1) is 29.4. The molecule has 0 saturated carbocycles. The van der Waals surface area contributed by atoms with Gasteiger partial charge in [-0.05, 0) is 25.2 Å². The lowest BCUT2D eigenvalue weighted by molar-refractivity contribution is -0.167. The zero-order valence-electron chi connectivity index (χ0n) is 40.9. The van der Waals surface area contributed by atoms with Gasteiger partial charge >= 0.3 is 17.9 Å². The summed E-state index contributed by atoms with van der Waals surface area (Å²) in [5.41, 5.74) is 0. The zero-order valence-corrected chi connectivity index (χ0v) is 40.9. The molecule has 0 fully saturated rings. The summed E-state index contributed by atoms with van der Waals surface area (Å²) < 4.78 is 16.8. The van der Waals surface area contributed by atoms with E-state index >= 15 is 0 Å². The third-order valence-corrected chi connectivity index (χ3v) is 12.3. The molecule has 1 atom stereocenters. The Kier molecular flexibility index (Phi) is 47.2. The van der Waals surface area contributed by atoms with Gasteiger partial charge in [0.25, 0.3) is 0 Å². The van der Waals surface area contributed by atoms with E-state index in [1.807, 2.05) is 0 Å². The average Bonchev–Trinajstić information content (AvgIpc) is 3.23. The summed E-state index contributed by atoms with van der Waals surface area (Å²) in [4.78, 5) is 37.9. The highest BCUT2D eigenvalue weighted by atomic mass is 16.6. The number of esters is 3. The highest BCUT2D eigenvalue weighted by Gasteiger charge is 2.19. The minimum absolute atomic E-state index is 0.0624. The lowest BCUT2D eigenvalue weighted by Gasteiger charge is -2.18. The van der Waals surface area contributed by atoms with Gasteiger partial charge in [-0.2, -0.15) is 0 Å². The maximum absolute atomic E-state index is 12.8. The molecule has 0 aromatic rings. The first kappa shape index (κ1) is 58.4. The molecule has 0 spiro atoms. The number of hydrogen-bond acceptors (Lipinski definition) is 6. The molecule has 0 aromatic heterocycles. The van der Waals surface area contributed by atoms with Crippen LogP contribution in [0.2, 0.25) is 0 Å². The van der Waals surface area contributed by atoms with E-state index in [2.05, 4.69) is 27.7 Å². The van der Waals surface area contributed by atoms with E-state index in [1.54, 1.807) is 0 Å². The van der Waals surface area contributed by atoms with Gasteiger partial charge in [-0.25, -0.2) is 0 Å². The fraction of sp³-hybridized carbons (Fsp3) is 0.944. The second-order valence-electron chi connectivity index (χ2n) is 19.0. The van der Waals surface area contributed by atoms with Gasteiger partial charge in [0.2, 0.25) is 0 Å². The van der Waals surface area contributed by atoms with Crippen LogP contribution in [0.1, 0.15) is 304 Å². The van der Waals surface area contributed by atoms with Crippen LogP contribution in [0.5, 0.6) is 0 Å². The first-order valence-electron chi connectivity index (χ1n) is 26.9. The third kappa shape index (κ3) is 47.5. The van der Waals surface area contributed by atoms with Crippen molar-refractivity contribution >= 4 is 17.9 Å². The Balaban J connectivity index is 4.27. The van der Waals surface area contributed by atoms with E-state index in [9.17, 15) is 14.4 Å². The van der Waals surface area contributed by atoms with Crippen LogP contribution in [0.4, 0.5) is 0 Å². The molecule has 0 amide bonds. The van der Waals surface area contributed by atoms with Crippen molar-refractivity contribution in [2.45, 2.75) is 310 Å². The van der Waals surface area contributed by atoms with E-state index in [1.165, 1.54) is 199 Å². The molecule has 0 N–H and O–H groups in total. The molecular weight excluding hydrogens is 745 g/mol. The van der Waals surface area contributed by atoms with Crippen LogP contribution >= 0.6 is 0 Å². The first-order valence-corrected chi connectivity index (χ1v) is 26.9. The maximum Gasteiger partial charge on any atom is 0.306 e. The summed E-state index contributed by atoms with van der Waals surface area (Å²) in [6.07, 6.45) is 50.9. The van der Waals surface area contributed by atoms with E-state index in [0.717, 1.165) is 63.7 Å². The van der Waals surface area contributed by atoms with Crippen molar-refractivity contribution in [3.05, 3.63) is 0 Å². The Morgan fingerprint density at radius 2 is 0.550 bits per heavy atom. The molecule has 0 bridgehead atoms. The average molecular weight is 849 g/mol. The molecule has 0 saturated heterocycles. The van der Waals surface area contributed by atoms with Crippen molar-refractivity contribution in [1.82, 2.24) is 0 Å². The molecular formula is C54H104O6. The largest absolute Gasteiger partial charge is 0.462 e. The van der Waals surface area contributed by atoms with Crippen molar-refractivity contribution in [1.29, 1.82) is 0 Å². The van der Waals surface area contributed by atoms with Gasteiger partial charge in [-0.3, -0.25) is 14.4 Å². The predicted molar refractivity (Wildman–Crippen MR) is 257 cm³/mol. The molecule has 0 rings (SSSR count). The predicted octanol–water partition coefficient (Wildman–Crippen LogP) is 17.5. The second-order valence-corrected chi connectivity index (χ2v) is 19.0. The van der Waals surface area contributed by atoms with Gasteiger partial charge in [0.1, 0.15) is 13.2 Å². The fourth-order valence-corrected chi connectivity index (χ4v) is 8.22. The molecule has 0 unspecified atom stereocenters. The number of carbonyl (C=O) groups is 3. The summed E-state index contributed by atoms with van der Waals surface area (Å²) in [6.45, 7) is 9.04. The Hall–Kier alpha value is -1.59. The number of hydrogen-bond donors (Lipinski definition) is 0. The van der Waals surface area contributed by atoms with Crippen LogP contribution in [0.25, 0.3) is 0 Å². The summed E-state index contributed by atoms with van der Waals surface area (Å²) >= 11 is 0. The minimum atomic E-state index is -0.760. The van der Waals surface area contributed by atoms with Crippen LogP contribution in [0.15, 0.2) is 0 Å². The summed E-state index contributed by atoms with van der Waals surface area (Å²) in [5, 5.41) is 0. The maximum atomic E-state index is 12.8. The lowest BCUT2D eigenvalue weighted by Crippen LogP contribution is -2.30. The van der Waals surface area contributed by atoms with E-state index in [-0.39, 0.29) is 31.1 Å². The van der Waals surface area contributed by atoms with Crippen LogP contribution in [-0.2, 0) is 28.6 Å². The summed E-state index contributed by atoms with van der Waals surface area (Å²) in [7, 11) is 0. The van der Waals surface area contributed by atoms with Gasteiger partial charge in [0.15, 0.2) is 6.10 Å². The van der Waals surface area contributed by atoms with Gasteiger partial charge in [0.05, 0.1) is 0 Å². The molecule has 356 valence electrons. The Morgan fingerprint density at radius 1 is 0.317 bits per heavy atom. The van der Waals surface area contributed by atoms with E-state index in [4.69, 9.17) is 14.2 Å². The van der Waals surface area contributed by atoms with Crippen LogP contribution in [0.3, 0.4) is 0 Å². The molecule has 6 heteroatoms. The monoisotopic (exact) mass is 849 g/mol. The molecule has 0 heterocycles. The normalized spacial score (nSPS) is 11.9. The molecule has 6 nitrogen and oxygen atoms in total. The van der Waals surface area contributed by atoms with Crippen molar-refractivity contribution < 1.29 is 28.6 Å². The number of ether oxygens (including phenoxy) is 3. The standard InChI is InChI=1S/C54H104O6/c1-5-7-9-11-13-15-17-18-19-23-26-30-34-38-42-46-53(56)59-49-51(48-58-52(55)45-41-37-33-29-16-14-12-10-8-6-2)60-54(57)47-43-39-35-31-27-24-21-20-22-25-28-32-36-40-44-50(3)4/h50-51H,5-49H2,1-4H3/t51-/m1/s1. The fourth-order valence-electron chi connectivity index (χ4n) is 8.22. The van der Waals surface area contributed by atoms with Crippen LogP contribution in [0, 0.1) is 5.92 Å². The van der Waals surface area contributed by atoms with Gasteiger partial charge in [-0.15, -0.1) is 0 Å². The minimum Gasteiger partial charge on any atom is -0.462 e. The van der Waals surface area contributed by atoms with Gasteiger partial charge < -0.3 is 14.2 Å². The Bertz CT molecular complexity index is 903. The van der Waals surface area contributed by atoms with E-state index in [0.29, 0.717) is 19.3 Å². The van der Waals surface area contributed by atoms with Crippen molar-refractivity contribution in [2.24, 2.45) is 5.92 Å². The number of rotatable bonds is 49. The summed E-state index contributed by atoms with van der Waals surface area (Å²) in [6, 6.07) is 0. The smallest absolute Gasteiger partial charge is 0.306 e. The van der Waals surface area contributed by atoms with Crippen molar-refractivity contribution in [3.63, 3.8) is 0 Å². The number of unbranched alkanes of at least 4 members (excludes halogenated alkanes) is 36. The molecule has 0 aromatic carbocycles. The molecule has 0 aliphatic heterocycles. The van der Waals surface area contributed by atoms with Crippen LogP contribution < -0.4 is 0 Å². The van der Waals surface area contributed by atoms with Gasteiger partial charge in [0, 0.05) is 19.3 Å². The second kappa shape index (κ2) is 48.4. The van der Waals surface area contributed by atoms with Gasteiger partial charge in [-0.1, -0.05) is 265 Å². The highest BCUT2D eigenvalue weighted by molar-refractivity contribution is 5.71. The van der Waals surface area contributed by atoms with Crippen molar-refractivity contribution in [3.8, 4) is 0 Å². The molecule has 0 radical (unpaired) electrons. The van der Waals surface area contributed by atoms with E-state index < -0.39 is 6.10 Å². The molecule has 0 aliphatic rings. The quantitative estimate of drug-likeness (QED) is 0.0345. The SMILES string of the molecule is CCCCCCCCCCCCCCCCCC(=O)OC[C@@H](COC(=O)CCCCCCCCCCCC)OC(=O)CCCCCCCCCCCCCCCCC(C)C. The van der Waals surface area contributed by atoms with Crippen LogP contribution in [-0.4, -0.2) is 37.2 Å². The topological polar surface area (TPSA) is 78.9 Å². The Morgan fingerprint density at radius 3 is 0.817 bits per heavy atom.